The second-order valence-electron chi connectivity index (χ2n) is 17.5. The van der Waals surface area contributed by atoms with Gasteiger partial charge in [-0.15, -0.1) is 0 Å². The maximum atomic E-state index is 7.20. The van der Waals surface area contributed by atoms with Gasteiger partial charge in [0.05, 0.1) is 16.7 Å². The van der Waals surface area contributed by atoms with E-state index in [2.05, 4.69) is 180 Å². The number of aromatic nitrogens is 4. The van der Waals surface area contributed by atoms with Crippen LogP contribution in [0.25, 0.3) is 139 Å². The van der Waals surface area contributed by atoms with Crippen molar-refractivity contribution in [2.75, 3.05) is 0 Å². The summed E-state index contributed by atoms with van der Waals surface area (Å²) in [7, 11) is 0. The highest BCUT2D eigenvalue weighted by atomic mass is 16.3. The van der Waals surface area contributed by atoms with Gasteiger partial charge >= 0.3 is 0 Å². The standard InChI is InChI=1S/C63H38N4O2/c1-4-16-39(17-5-1)41-30-32-43(33-31-41)62-64-61(42-20-8-3-9-21-42)65-63(66-62)52-37-45(38-57-58(52)50-23-11-13-29-56(50)68-57)46-24-14-25-48-49-26-15-28-55(60(49)69-59(46)48)67-53-27-12-10-22-47(53)51-36-44(34-35-54(51)67)40-18-6-2-7-19-40/h1-38H. The van der Waals surface area contributed by atoms with E-state index in [1.54, 1.807) is 0 Å². The first kappa shape index (κ1) is 38.8. The Morgan fingerprint density at radius 2 is 0.826 bits per heavy atom. The maximum Gasteiger partial charge on any atom is 0.164 e. The summed E-state index contributed by atoms with van der Waals surface area (Å²) < 4.78 is 16.3. The van der Waals surface area contributed by atoms with Gasteiger partial charge in [0, 0.05) is 54.6 Å². The molecule has 14 aromatic rings. The van der Waals surface area contributed by atoms with Crippen LogP contribution in [-0.2, 0) is 0 Å². The number of benzene rings is 10. The molecule has 0 radical (unpaired) electrons. The average Bonchev–Trinajstić information content (AvgIpc) is 4.11. The molecule has 0 aliphatic heterocycles. The number of hydrogen-bond acceptors (Lipinski definition) is 5. The summed E-state index contributed by atoms with van der Waals surface area (Å²) >= 11 is 0. The molecule has 10 aromatic carbocycles. The van der Waals surface area contributed by atoms with Gasteiger partial charge in [-0.05, 0) is 70.3 Å². The van der Waals surface area contributed by atoms with Crippen molar-refractivity contribution in [3.8, 4) is 73.2 Å². The van der Waals surface area contributed by atoms with Crippen molar-refractivity contribution in [3.63, 3.8) is 0 Å². The number of para-hydroxylation sites is 4. The van der Waals surface area contributed by atoms with Crippen LogP contribution in [0.1, 0.15) is 0 Å². The Hall–Kier alpha value is -9.39. The Labute approximate surface area is 396 Å². The van der Waals surface area contributed by atoms with Gasteiger partial charge in [0.15, 0.2) is 23.1 Å². The minimum atomic E-state index is 0.547. The van der Waals surface area contributed by atoms with Crippen LogP contribution in [0, 0.1) is 0 Å². The lowest BCUT2D eigenvalue weighted by Gasteiger charge is -2.11. The van der Waals surface area contributed by atoms with Crippen molar-refractivity contribution in [1.29, 1.82) is 0 Å². The van der Waals surface area contributed by atoms with Crippen LogP contribution in [0.4, 0.5) is 0 Å². The number of hydrogen-bond donors (Lipinski definition) is 0. The van der Waals surface area contributed by atoms with Gasteiger partial charge in [-0.1, -0.05) is 188 Å². The highest BCUT2D eigenvalue weighted by molar-refractivity contribution is 6.17. The Morgan fingerprint density at radius 1 is 0.290 bits per heavy atom. The highest BCUT2D eigenvalue weighted by Gasteiger charge is 2.23. The van der Waals surface area contributed by atoms with E-state index in [-0.39, 0.29) is 0 Å². The second kappa shape index (κ2) is 15.6. The molecule has 322 valence electrons. The largest absolute Gasteiger partial charge is 0.456 e. The number of rotatable bonds is 7. The van der Waals surface area contributed by atoms with Crippen LogP contribution in [0.5, 0.6) is 0 Å². The lowest BCUT2D eigenvalue weighted by atomic mass is 9.96. The molecule has 0 aliphatic rings. The molecular weight excluding hydrogens is 845 g/mol. The molecule has 0 fully saturated rings. The quantitative estimate of drug-likeness (QED) is 0.159. The Kier molecular flexibility index (Phi) is 8.79. The SMILES string of the molecule is c1ccc(-c2ccc(-c3nc(-c4ccccc4)nc(-c4cc(-c5cccc6c5oc5c(-n7c8ccccc8c8cc(-c9ccccc9)ccc87)cccc56)cc5oc6ccccc6c45)n3)cc2)cc1. The number of fused-ring (bicyclic) bond motifs is 9. The zero-order valence-electron chi connectivity index (χ0n) is 37.0. The first-order valence-electron chi connectivity index (χ1n) is 23.2. The topological polar surface area (TPSA) is 69.9 Å². The molecule has 0 saturated heterocycles. The third-order valence-electron chi connectivity index (χ3n) is 13.5. The predicted octanol–water partition coefficient (Wildman–Crippen LogP) is 16.8. The van der Waals surface area contributed by atoms with E-state index in [1.807, 2.05) is 54.6 Å². The van der Waals surface area contributed by atoms with E-state index < -0.39 is 0 Å². The zero-order chi connectivity index (χ0) is 45.4. The van der Waals surface area contributed by atoms with Gasteiger partial charge in [0.1, 0.15) is 16.7 Å². The van der Waals surface area contributed by atoms with Crippen molar-refractivity contribution < 1.29 is 8.83 Å². The zero-order valence-corrected chi connectivity index (χ0v) is 37.0. The van der Waals surface area contributed by atoms with E-state index in [1.165, 1.54) is 21.9 Å². The summed E-state index contributed by atoms with van der Waals surface area (Å²) in [4.78, 5) is 15.6. The molecule has 4 heterocycles. The maximum absolute atomic E-state index is 7.20. The first-order chi connectivity index (χ1) is 34.2. The Morgan fingerprint density at radius 3 is 1.58 bits per heavy atom. The molecular formula is C63H38N4O2. The first-order valence-corrected chi connectivity index (χ1v) is 23.2. The van der Waals surface area contributed by atoms with Crippen LogP contribution in [0.15, 0.2) is 239 Å². The molecule has 0 saturated carbocycles. The molecule has 6 heteroatoms. The summed E-state index contributed by atoms with van der Waals surface area (Å²) in [5.74, 6) is 1.71. The molecule has 0 unspecified atom stereocenters. The molecule has 69 heavy (non-hydrogen) atoms. The van der Waals surface area contributed by atoms with Gasteiger partial charge < -0.3 is 13.4 Å². The third kappa shape index (κ3) is 6.38. The fourth-order valence-corrected chi connectivity index (χ4v) is 10.2. The molecule has 6 nitrogen and oxygen atoms in total. The lowest BCUT2D eigenvalue weighted by molar-refractivity contribution is 0.667. The Balaban J connectivity index is 0.972. The summed E-state index contributed by atoms with van der Waals surface area (Å²) in [6.07, 6.45) is 0. The summed E-state index contributed by atoms with van der Waals surface area (Å²) in [5, 5.41) is 6.36. The van der Waals surface area contributed by atoms with Gasteiger partial charge in [0.2, 0.25) is 0 Å². The van der Waals surface area contributed by atoms with Crippen molar-refractivity contribution in [1.82, 2.24) is 19.5 Å². The van der Waals surface area contributed by atoms with Crippen molar-refractivity contribution in [3.05, 3.63) is 231 Å². The van der Waals surface area contributed by atoms with Gasteiger partial charge in [0.25, 0.3) is 0 Å². The van der Waals surface area contributed by atoms with Gasteiger partial charge in [-0.2, -0.15) is 0 Å². The number of nitrogens with zero attached hydrogens (tertiary/aromatic N) is 4. The Bertz CT molecular complexity index is 4290. The van der Waals surface area contributed by atoms with Crippen LogP contribution in [0.2, 0.25) is 0 Å². The molecule has 0 atom stereocenters. The van der Waals surface area contributed by atoms with Crippen molar-refractivity contribution in [2.45, 2.75) is 0 Å². The fourth-order valence-electron chi connectivity index (χ4n) is 10.2. The monoisotopic (exact) mass is 882 g/mol. The molecule has 0 aliphatic carbocycles. The minimum absolute atomic E-state index is 0.547. The van der Waals surface area contributed by atoms with Crippen LogP contribution in [0.3, 0.4) is 0 Å². The van der Waals surface area contributed by atoms with Gasteiger partial charge in [-0.25, -0.2) is 15.0 Å². The second-order valence-corrected chi connectivity index (χ2v) is 17.5. The fraction of sp³-hybridized carbons (Fsp3) is 0. The normalized spacial score (nSPS) is 11.8. The van der Waals surface area contributed by atoms with Crippen molar-refractivity contribution >= 4 is 65.7 Å². The van der Waals surface area contributed by atoms with Crippen LogP contribution in [-0.4, -0.2) is 19.5 Å². The summed E-state index contributed by atoms with van der Waals surface area (Å²) in [6.45, 7) is 0. The van der Waals surface area contributed by atoms with E-state index in [4.69, 9.17) is 23.8 Å². The van der Waals surface area contributed by atoms with Crippen LogP contribution >= 0.6 is 0 Å². The molecule has 0 N–H and O–H groups in total. The van der Waals surface area contributed by atoms with Gasteiger partial charge in [-0.3, -0.25) is 0 Å². The number of furan rings is 2. The van der Waals surface area contributed by atoms with E-state index in [0.717, 1.165) is 99.5 Å². The predicted molar refractivity (Wildman–Crippen MR) is 281 cm³/mol. The summed E-state index contributed by atoms with van der Waals surface area (Å²) in [5.41, 5.74) is 15.4. The highest BCUT2D eigenvalue weighted by Crippen LogP contribution is 2.45. The lowest BCUT2D eigenvalue weighted by Crippen LogP contribution is -2.00. The third-order valence-corrected chi connectivity index (χ3v) is 13.5. The molecule has 0 bridgehead atoms. The van der Waals surface area contributed by atoms with Crippen molar-refractivity contribution in [2.24, 2.45) is 0 Å². The van der Waals surface area contributed by atoms with E-state index in [9.17, 15) is 0 Å². The average molecular weight is 883 g/mol. The summed E-state index contributed by atoms with van der Waals surface area (Å²) in [6, 6.07) is 80.2. The van der Waals surface area contributed by atoms with E-state index >= 15 is 0 Å². The molecule has 0 amide bonds. The van der Waals surface area contributed by atoms with E-state index in [0.29, 0.717) is 17.5 Å². The molecule has 14 rings (SSSR count). The smallest absolute Gasteiger partial charge is 0.164 e. The molecule has 0 spiro atoms. The van der Waals surface area contributed by atoms with Crippen LogP contribution < -0.4 is 0 Å². The molecule has 4 aromatic heterocycles. The minimum Gasteiger partial charge on any atom is -0.456 e.